The van der Waals surface area contributed by atoms with Crippen molar-refractivity contribution in [2.75, 3.05) is 7.11 Å². The van der Waals surface area contributed by atoms with Gasteiger partial charge in [0.1, 0.15) is 0 Å². The molecule has 0 saturated heterocycles. The van der Waals surface area contributed by atoms with E-state index in [0.29, 0.717) is 0 Å². The number of carbonyl (C=O) groups is 1. The maximum absolute atomic E-state index is 13.3. The molecule has 2 N–H and O–H groups in total. The van der Waals surface area contributed by atoms with E-state index in [0.717, 1.165) is 13.2 Å². The van der Waals surface area contributed by atoms with Gasteiger partial charge in [0.25, 0.3) is 0 Å². The summed E-state index contributed by atoms with van der Waals surface area (Å²) in [7, 11) is 1.13. The summed E-state index contributed by atoms with van der Waals surface area (Å²) in [4.78, 5) is 10.3. The highest BCUT2D eigenvalue weighted by Gasteiger charge is 2.20. The number of hydrogen-bond donors (Lipinski definition) is 2. The van der Waals surface area contributed by atoms with Gasteiger partial charge in [-0.25, -0.2) is 8.78 Å². The second kappa shape index (κ2) is 4.12. The standard InChI is InChI=1S/C9H8F2O4/c1-15-6-3-5(12)8(10)4(9(6)11)2-7(13)14/h3,12H,2H2,1H3,(H,13,14). The van der Waals surface area contributed by atoms with Crippen LogP contribution in [-0.2, 0) is 11.2 Å². The molecule has 0 fully saturated rings. The molecule has 4 nitrogen and oxygen atoms in total. The second-order valence-corrected chi connectivity index (χ2v) is 2.77. The fraction of sp³-hybridized carbons (Fsp3) is 0.222. The Labute approximate surface area is 83.7 Å². The highest BCUT2D eigenvalue weighted by molar-refractivity contribution is 5.71. The lowest BCUT2D eigenvalue weighted by molar-refractivity contribution is -0.136. The lowest BCUT2D eigenvalue weighted by Crippen LogP contribution is -2.06. The van der Waals surface area contributed by atoms with Gasteiger partial charge in [-0.1, -0.05) is 0 Å². The lowest BCUT2D eigenvalue weighted by atomic mass is 10.1. The number of benzene rings is 1. The summed E-state index contributed by atoms with van der Waals surface area (Å²) < 4.78 is 31.0. The first-order chi connectivity index (χ1) is 6.97. The molecule has 6 heteroatoms. The first-order valence-electron chi connectivity index (χ1n) is 3.93. The fourth-order valence-corrected chi connectivity index (χ4v) is 1.11. The molecule has 82 valence electrons. The van der Waals surface area contributed by atoms with Crippen LogP contribution in [0, 0.1) is 11.6 Å². The first-order valence-corrected chi connectivity index (χ1v) is 3.93. The number of halogens is 2. The third-order valence-corrected chi connectivity index (χ3v) is 1.79. The molecule has 0 spiro atoms. The van der Waals surface area contributed by atoms with E-state index in [4.69, 9.17) is 10.2 Å². The topological polar surface area (TPSA) is 66.8 Å². The van der Waals surface area contributed by atoms with Crippen LogP contribution in [0.5, 0.6) is 11.5 Å². The molecule has 0 atom stereocenters. The number of rotatable bonds is 3. The molecule has 15 heavy (non-hydrogen) atoms. The van der Waals surface area contributed by atoms with Gasteiger partial charge in [0.15, 0.2) is 23.1 Å². The van der Waals surface area contributed by atoms with E-state index >= 15 is 0 Å². The molecule has 1 aromatic rings. The average Bonchev–Trinajstić information content (AvgIpc) is 2.18. The van der Waals surface area contributed by atoms with E-state index in [1.165, 1.54) is 0 Å². The molecule has 0 aromatic heterocycles. The molecule has 0 saturated carbocycles. The number of carboxylic acid groups (broad SMARTS) is 1. The van der Waals surface area contributed by atoms with Crippen molar-refractivity contribution in [1.82, 2.24) is 0 Å². The molecule has 0 heterocycles. The summed E-state index contributed by atoms with van der Waals surface area (Å²) in [5.41, 5.74) is -0.723. The predicted octanol–water partition coefficient (Wildman–Crippen LogP) is 1.31. The Morgan fingerprint density at radius 1 is 1.47 bits per heavy atom. The molecule has 1 rings (SSSR count). The Morgan fingerprint density at radius 3 is 2.53 bits per heavy atom. The second-order valence-electron chi connectivity index (χ2n) is 2.77. The molecule has 0 aliphatic heterocycles. The van der Waals surface area contributed by atoms with Crippen LogP contribution >= 0.6 is 0 Å². The van der Waals surface area contributed by atoms with E-state index < -0.39 is 41.1 Å². The van der Waals surface area contributed by atoms with E-state index in [2.05, 4.69) is 4.74 Å². The SMILES string of the molecule is COc1cc(O)c(F)c(CC(=O)O)c1F. The Hall–Kier alpha value is -1.85. The normalized spacial score (nSPS) is 10.1. The van der Waals surface area contributed by atoms with Gasteiger partial charge in [-0.2, -0.15) is 0 Å². The molecule has 0 radical (unpaired) electrons. The summed E-state index contributed by atoms with van der Waals surface area (Å²) in [5.74, 6) is -5.04. The maximum atomic E-state index is 13.3. The number of ether oxygens (including phenoxy) is 1. The smallest absolute Gasteiger partial charge is 0.308 e. The Balaban J connectivity index is 3.33. The minimum absolute atomic E-state index is 0.398. The van der Waals surface area contributed by atoms with Crippen molar-refractivity contribution in [2.24, 2.45) is 0 Å². The van der Waals surface area contributed by atoms with Crippen LogP contribution in [0.3, 0.4) is 0 Å². The number of carboxylic acids is 1. The van der Waals surface area contributed by atoms with Crippen LogP contribution in [-0.4, -0.2) is 23.3 Å². The monoisotopic (exact) mass is 218 g/mol. The predicted molar refractivity (Wildman–Crippen MR) is 45.9 cm³/mol. The van der Waals surface area contributed by atoms with Crippen molar-refractivity contribution < 1.29 is 28.5 Å². The van der Waals surface area contributed by atoms with E-state index in [1.54, 1.807) is 0 Å². The van der Waals surface area contributed by atoms with E-state index in [-0.39, 0.29) is 0 Å². The van der Waals surface area contributed by atoms with Crippen LogP contribution in [0.15, 0.2) is 6.07 Å². The van der Waals surface area contributed by atoms with Gasteiger partial charge in [0, 0.05) is 11.6 Å². The van der Waals surface area contributed by atoms with Gasteiger partial charge < -0.3 is 14.9 Å². The van der Waals surface area contributed by atoms with Gasteiger partial charge in [-0.15, -0.1) is 0 Å². The van der Waals surface area contributed by atoms with E-state index in [9.17, 15) is 13.6 Å². The van der Waals surface area contributed by atoms with Gasteiger partial charge in [-0.05, 0) is 0 Å². The van der Waals surface area contributed by atoms with E-state index in [1.807, 2.05) is 0 Å². The average molecular weight is 218 g/mol. The van der Waals surface area contributed by atoms with Crippen LogP contribution in [0.1, 0.15) is 5.56 Å². The molecule has 0 bridgehead atoms. The number of aromatic hydroxyl groups is 1. The zero-order chi connectivity index (χ0) is 11.6. The van der Waals surface area contributed by atoms with Crippen LogP contribution in [0.25, 0.3) is 0 Å². The molecule has 0 unspecified atom stereocenters. The van der Waals surface area contributed by atoms with Crippen molar-refractivity contribution in [3.63, 3.8) is 0 Å². The number of methoxy groups -OCH3 is 1. The minimum Gasteiger partial charge on any atom is -0.505 e. The van der Waals surface area contributed by atoms with Crippen molar-refractivity contribution in [1.29, 1.82) is 0 Å². The maximum Gasteiger partial charge on any atom is 0.308 e. The Kier molecular flexibility index (Phi) is 3.08. The van der Waals surface area contributed by atoms with Gasteiger partial charge >= 0.3 is 5.97 Å². The van der Waals surface area contributed by atoms with Crippen molar-refractivity contribution in [3.8, 4) is 11.5 Å². The van der Waals surface area contributed by atoms with Gasteiger partial charge in [0.2, 0.25) is 0 Å². The lowest BCUT2D eigenvalue weighted by Gasteiger charge is -2.08. The summed E-state index contributed by atoms with van der Waals surface area (Å²) in [6.07, 6.45) is -0.859. The molecule has 0 amide bonds. The van der Waals surface area contributed by atoms with Crippen molar-refractivity contribution in [3.05, 3.63) is 23.3 Å². The molecular weight excluding hydrogens is 210 g/mol. The quantitative estimate of drug-likeness (QED) is 0.802. The zero-order valence-corrected chi connectivity index (χ0v) is 7.75. The van der Waals surface area contributed by atoms with Gasteiger partial charge in [0.05, 0.1) is 13.5 Å². The highest BCUT2D eigenvalue weighted by atomic mass is 19.1. The minimum atomic E-state index is -1.40. The summed E-state index contributed by atoms with van der Waals surface area (Å²) in [6, 6.07) is 0.746. The van der Waals surface area contributed by atoms with Crippen molar-refractivity contribution in [2.45, 2.75) is 6.42 Å². The summed E-state index contributed by atoms with van der Waals surface area (Å²) in [6.45, 7) is 0. The highest BCUT2D eigenvalue weighted by Crippen LogP contribution is 2.30. The zero-order valence-electron chi connectivity index (χ0n) is 7.75. The number of hydrogen-bond acceptors (Lipinski definition) is 3. The first kappa shape index (κ1) is 11.2. The summed E-state index contributed by atoms with van der Waals surface area (Å²) >= 11 is 0. The number of aliphatic carboxylic acids is 1. The largest absolute Gasteiger partial charge is 0.505 e. The molecular formula is C9H8F2O4. The Bertz CT molecular complexity index is 404. The summed E-state index contributed by atoms with van der Waals surface area (Å²) in [5, 5.41) is 17.4. The number of phenolic OH excluding ortho intramolecular Hbond substituents is 1. The van der Waals surface area contributed by atoms with Crippen LogP contribution in [0.2, 0.25) is 0 Å². The third kappa shape index (κ3) is 2.15. The van der Waals surface area contributed by atoms with Crippen molar-refractivity contribution >= 4 is 5.97 Å². The fourth-order valence-electron chi connectivity index (χ4n) is 1.11. The van der Waals surface area contributed by atoms with Gasteiger partial charge in [-0.3, -0.25) is 4.79 Å². The molecule has 0 aliphatic rings. The molecule has 1 aromatic carbocycles. The van der Waals surface area contributed by atoms with Crippen LogP contribution in [0.4, 0.5) is 8.78 Å². The number of phenols is 1. The Morgan fingerprint density at radius 2 is 2.07 bits per heavy atom. The molecule has 0 aliphatic carbocycles. The third-order valence-electron chi connectivity index (χ3n) is 1.79. The van der Waals surface area contributed by atoms with Crippen LogP contribution < -0.4 is 4.74 Å².